The minimum absolute atomic E-state index is 0.0312. The molecule has 1 fully saturated rings. The molecule has 0 atom stereocenters. The Morgan fingerprint density at radius 3 is 2.60 bits per heavy atom. The molecule has 0 aliphatic heterocycles. The largest absolute Gasteiger partial charge is 0.354 e. The standard InChI is InChI=1S/C27H29ClN6O/c1-3-30-27-31-15-18-13-22(26(35)34(25(18)33-27)20-10-8-19(29)9-11-20)21-12-7-17(14-23(21)28)24-6-4-5-16(2)32-24/h4-7,12-15,19-20H,3,8-11,29H2,1-2H3,(H,30,31,33). The summed E-state index contributed by atoms with van der Waals surface area (Å²) in [5, 5.41) is 4.46. The van der Waals surface area contributed by atoms with E-state index < -0.39 is 0 Å². The van der Waals surface area contributed by atoms with E-state index in [2.05, 4.69) is 15.3 Å². The summed E-state index contributed by atoms with van der Waals surface area (Å²) in [6, 6.07) is 13.7. The number of fused-ring (bicyclic) bond motifs is 1. The van der Waals surface area contributed by atoms with Gasteiger partial charge in [-0.05, 0) is 63.8 Å². The second-order valence-corrected chi connectivity index (χ2v) is 9.57. The van der Waals surface area contributed by atoms with Crippen molar-refractivity contribution in [3.63, 3.8) is 0 Å². The fraction of sp³-hybridized carbons (Fsp3) is 0.333. The quantitative estimate of drug-likeness (QED) is 0.392. The van der Waals surface area contributed by atoms with Gasteiger partial charge in [0.2, 0.25) is 5.95 Å². The van der Waals surface area contributed by atoms with E-state index in [-0.39, 0.29) is 17.6 Å². The zero-order valence-corrected chi connectivity index (χ0v) is 20.7. The van der Waals surface area contributed by atoms with Crippen LogP contribution in [-0.4, -0.2) is 32.1 Å². The van der Waals surface area contributed by atoms with Crippen LogP contribution < -0.4 is 16.6 Å². The number of hydrogen-bond donors (Lipinski definition) is 2. The molecule has 1 aromatic carbocycles. The summed E-state index contributed by atoms with van der Waals surface area (Å²) < 4.78 is 1.84. The van der Waals surface area contributed by atoms with Crippen LogP contribution in [0.1, 0.15) is 44.3 Å². The second-order valence-electron chi connectivity index (χ2n) is 9.16. The van der Waals surface area contributed by atoms with Crippen LogP contribution in [0.25, 0.3) is 33.4 Å². The van der Waals surface area contributed by atoms with Crippen LogP contribution in [0.15, 0.2) is 53.5 Å². The highest BCUT2D eigenvalue weighted by atomic mass is 35.5. The molecule has 8 heteroatoms. The predicted molar refractivity (Wildman–Crippen MR) is 142 cm³/mol. The maximum absolute atomic E-state index is 14.0. The summed E-state index contributed by atoms with van der Waals surface area (Å²) in [6.45, 7) is 4.65. The van der Waals surface area contributed by atoms with Crippen molar-refractivity contribution in [1.82, 2.24) is 19.5 Å². The minimum atomic E-state index is -0.0950. The Morgan fingerprint density at radius 1 is 1.09 bits per heavy atom. The Hall–Kier alpha value is -3.29. The molecule has 3 heterocycles. The molecule has 0 radical (unpaired) electrons. The molecule has 0 spiro atoms. The van der Waals surface area contributed by atoms with Crippen molar-refractivity contribution in [2.75, 3.05) is 11.9 Å². The first-order valence-electron chi connectivity index (χ1n) is 12.1. The molecule has 0 amide bonds. The molecule has 0 saturated heterocycles. The van der Waals surface area contributed by atoms with Crippen LogP contribution in [0.4, 0.5) is 5.95 Å². The first-order valence-corrected chi connectivity index (χ1v) is 12.5. The molecule has 1 saturated carbocycles. The fourth-order valence-corrected chi connectivity index (χ4v) is 5.13. The molecule has 1 aliphatic rings. The Labute approximate surface area is 209 Å². The predicted octanol–water partition coefficient (Wildman–Crippen LogP) is 5.36. The van der Waals surface area contributed by atoms with Gasteiger partial charge in [0, 0.05) is 57.6 Å². The number of aryl methyl sites for hydroxylation is 1. The van der Waals surface area contributed by atoms with E-state index in [0.29, 0.717) is 34.3 Å². The van der Waals surface area contributed by atoms with E-state index in [1.54, 1.807) is 6.20 Å². The topological polar surface area (TPSA) is 98.7 Å². The first kappa shape index (κ1) is 23.5. The molecular formula is C27H29ClN6O. The summed E-state index contributed by atoms with van der Waals surface area (Å²) in [6.07, 6.45) is 5.21. The first-order chi connectivity index (χ1) is 16.9. The van der Waals surface area contributed by atoms with Crippen molar-refractivity contribution in [2.24, 2.45) is 5.73 Å². The van der Waals surface area contributed by atoms with Gasteiger partial charge in [0.1, 0.15) is 5.65 Å². The number of nitrogens with zero attached hydrogens (tertiary/aromatic N) is 4. The van der Waals surface area contributed by atoms with Gasteiger partial charge in [0.15, 0.2) is 0 Å². The smallest absolute Gasteiger partial charge is 0.260 e. The van der Waals surface area contributed by atoms with Crippen molar-refractivity contribution in [1.29, 1.82) is 0 Å². The summed E-state index contributed by atoms with van der Waals surface area (Å²) in [5.74, 6) is 0.515. The van der Waals surface area contributed by atoms with Gasteiger partial charge in [0.25, 0.3) is 5.56 Å². The highest BCUT2D eigenvalue weighted by Gasteiger charge is 2.25. The van der Waals surface area contributed by atoms with E-state index in [4.69, 9.17) is 22.3 Å². The molecule has 35 heavy (non-hydrogen) atoms. The third-order valence-electron chi connectivity index (χ3n) is 6.66. The van der Waals surface area contributed by atoms with Gasteiger partial charge < -0.3 is 11.1 Å². The molecule has 3 aromatic heterocycles. The lowest BCUT2D eigenvalue weighted by Gasteiger charge is -2.29. The lowest BCUT2D eigenvalue weighted by Crippen LogP contribution is -2.33. The Morgan fingerprint density at radius 2 is 1.89 bits per heavy atom. The van der Waals surface area contributed by atoms with Crippen LogP contribution in [0.3, 0.4) is 0 Å². The van der Waals surface area contributed by atoms with Crippen LogP contribution in [0.2, 0.25) is 5.02 Å². The Balaban J connectivity index is 1.66. The van der Waals surface area contributed by atoms with Crippen molar-refractivity contribution < 1.29 is 0 Å². The van der Waals surface area contributed by atoms with E-state index in [1.165, 1.54) is 0 Å². The lowest BCUT2D eigenvalue weighted by atomic mass is 9.91. The molecule has 5 rings (SSSR count). The number of hydrogen-bond acceptors (Lipinski definition) is 6. The summed E-state index contributed by atoms with van der Waals surface area (Å²) in [5.41, 5.74) is 10.6. The van der Waals surface area contributed by atoms with E-state index in [0.717, 1.165) is 48.0 Å². The number of benzene rings is 1. The molecule has 180 valence electrons. The van der Waals surface area contributed by atoms with Crippen molar-refractivity contribution >= 4 is 28.6 Å². The average Bonchev–Trinajstić information content (AvgIpc) is 2.85. The molecule has 0 unspecified atom stereocenters. The second kappa shape index (κ2) is 9.76. The number of pyridine rings is 2. The van der Waals surface area contributed by atoms with Gasteiger partial charge in [-0.25, -0.2) is 4.98 Å². The number of nitrogens with one attached hydrogen (secondary N) is 1. The zero-order chi connectivity index (χ0) is 24.5. The van der Waals surface area contributed by atoms with Crippen LogP contribution in [0, 0.1) is 6.92 Å². The average molecular weight is 489 g/mol. The van der Waals surface area contributed by atoms with Gasteiger partial charge in [-0.2, -0.15) is 4.98 Å². The van der Waals surface area contributed by atoms with Gasteiger partial charge in [-0.15, -0.1) is 0 Å². The molecule has 1 aliphatic carbocycles. The molecular weight excluding hydrogens is 460 g/mol. The highest BCUT2D eigenvalue weighted by Crippen LogP contribution is 2.34. The van der Waals surface area contributed by atoms with Crippen molar-refractivity contribution in [3.05, 3.63) is 69.7 Å². The maximum atomic E-state index is 14.0. The van der Waals surface area contributed by atoms with Crippen LogP contribution >= 0.6 is 11.6 Å². The summed E-state index contributed by atoms with van der Waals surface area (Å²) >= 11 is 6.77. The number of halogens is 1. The Kier molecular flexibility index (Phi) is 6.54. The van der Waals surface area contributed by atoms with E-state index in [1.807, 2.05) is 60.9 Å². The van der Waals surface area contributed by atoms with Gasteiger partial charge >= 0.3 is 0 Å². The normalized spacial score (nSPS) is 18.1. The third kappa shape index (κ3) is 4.66. The van der Waals surface area contributed by atoms with Gasteiger partial charge in [0.05, 0.1) is 5.69 Å². The summed E-state index contributed by atoms with van der Waals surface area (Å²) in [4.78, 5) is 27.7. The summed E-state index contributed by atoms with van der Waals surface area (Å²) in [7, 11) is 0. The van der Waals surface area contributed by atoms with E-state index >= 15 is 0 Å². The van der Waals surface area contributed by atoms with E-state index in [9.17, 15) is 4.79 Å². The van der Waals surface area contributed by atoms with Gasteiger partial charge in [-0.1, -0.05) is 29.8 Å². The molecule has 4 aromatic rings. The number of aromatic nitrogens is 4. The maximum Gasteiger partial charge on any atom is 0.260 e. The van der Waals surface area contributed by atoms with Crippen LogP contribution in [-0.2, 0) is 0 Å². The third-order valence-corrected chi connectivity index (χ3v) is 6.97. The minimum Gasteiger partial charge on any atom is -0.354 e. The van der Waals surface area contributed by atoms with Gasteiger partial charge in [-0.3, -0.25) is 14.3 Å². The van der Waals surface area contributed by atoms with Crippen molar-refractivity contribution in [3.8, 4) is 22.4 Å². The number of rotatable bonds is 5. The molecule has 3 N–H and O–H groups in total. The van der Waals surface area contributed by atoms with Crippen LogP contribution in [0.5, 0.6) is 0 Å². The van der Waals surface area contributed by atoms with Crippen molar-refractivity contribution in [2.45, 2.75) is 51.6 Å². The molecule has 0 bridgehead atoms. The lowest BCUT2D eigenvalue weighted by molar-refractivity contribution is 0.324. The Bertz CT molecular complexity index is 1440. The SMILES string of the molecule is CCNc1ncc2cc(-c3ccc(-c4cccc(C)n4)cc3Cl)c(=O)n(C3CCC(N)CC3)c2n1. The fourth-order valence-electron chi connectivity index (χ4n) is 4.85. The highest BCUT2D eigenvalue weighted by molar-refractivity contribution is 6.33. The molecule has 7 nitrogen and oxygen atoms in total. The number of nitrogens with two attached hydrogens (primary N) is 1. The monoisotopic (exact) mass is 488 g/mol. The number of anilines is 1. The zero-order valence-electron chi connectivity index (χ0n) is 20.0.